The highest BCUT2D eigenvalue weighted by Crippen LogP contribution is 2.45. The second-order valence-corrected chi connectivity index (χ2v) is 14.5. The molecule has 0 spiro atoms. The standard InChI is InChI=1S/C43H76O2/c1-4-6-8-10-12-14-16-18-20-22-24-26-28-30-32-34-36-43(44-41-38-40(3)39-42(41)45-43)37-35-33-31-29-27-25-23-21-19-17-15-13-11-9-7-5-2/h12-15,18-21,40-42H,4-11,16-17,22-39H2,1-3H3/b14-12-,15-13-,20-18-,21-19-/t40-,41-,42?/m0/s1. The van der Waals surface area contributed by atoms with Gasteiger partial charge in [-0.1, -0.05) is 146 Å². The van der Waals surface area contributed by atoms with Crippen molar-refractivity contribution >= 4 is 0 Å². The van der Waals surface area contributed by atoms with E-state index in [-0.39, 0.29) is 5.79 Å². The van der Waals surface area contributed by atoms with Crippen molar-refractivity contribution in [1.82, 2.24) is 0 Å². The lowest BCUT2D eigenvalue weighted by Crippen LogP contribution is -2.32. The summed E-state index contributed by atoms with van der Waals surface area (Å²) in [5, 5.41) is 0. The molecule has 1 heterocycles. The Morgan fingerprint density at radius 3 is 1.16 bits per heavy atom. The van der Waals surface area contributed by atoms with Crippen LogP contribution in [0.15, 0.2) is 48.6 Å². The van der Waals surface area contributed by atoms with Gasteiger partial charge in [-0.2, -0.15) is 0 Å². The van der Waals surface area contributed by atoms with Crippen molar-refractivity contribution in [2.45, 2.75) is 219 Å². The highest BCUT2D eigenvalue weighted by molar-refractivity contribution is 4.94. The van der Waals surface area contributed by atoms with E-state index in [9.17, 15) is 0 Å². The van der Waals surface area contributed by atoms with Gasteiger partial charge in [-0.25, -0.2) is 0 Å². The molecule has 0 aromatic rings. The molecule has 0 aromatic heterocycles. The molecule has 2 rings (SSSR count). The van der Waals surface area contributed by atoms with Crippen LogP contribution in [0.5, 0.6) is 0 Å². The lowest BCUT2D eigenvalue weighted by molar-refractivity contribution is -0.192. The van der Waals surface area contributed by atoms with Gasteiger partial charge < -0.3 is 9.47 Å². The van der Waals surface area contributed by atoms with Crippen LogP contribution in [0.1, 0.15) is 201 Å². The minimum atomic E-state index is -0.278. The minimum absolute atomic E-state index is 0.278. The number of ether oxygens (including phenoxy) is 2. The van der Waals surface area contributed by atoms with E-state index in [4.69, 9.17) is 9.47 Å². The molecular formula is C43H76O2. The third-order valence-corrected chi connectivity index (χ3v) is 9.93. The number of fused-ring (bicyclic) bond motifs is 1. The predicted octanol–water partition coefficient (Wildman–Crippen LogP) is 14.3. The summed E-state index contributed by atoms with van der Waals surface area (Å²) >= 11 is 0. The molecule has 1 unspecified atom stereocenters. The van der Waals surface area contributed by atoms with Gasteiger partial charge in [0.1, 0.15) is 0 Å². The lowest BCUT2D eigenvalue weighted by Gasteiger charge is -2.30. The first-order valence-corrected chi connectivity index (χ1v) is 20.1. The number of hydrogen-bond donors (Lipinski definition) is 0. The second kappa shape index (κ2) is 27.9. The Bertz CT molecular complexity index is 713. The molecule has 260 valence electrons. The van der Waals surface area contributed by atoms with E-state index in [1.54, 1.807) is 0 Å². The first-order chi connectivity index (χ1) is 22.2. The van der Waals surface area contributed by atoms with Crippen molar-refractivity contribution in [1.29, 1.82) is 0 Å². The molecule has 0 N–H and O–H groups in total. The maximum atomic E-state index is 6.74. The molecule has 2 fully saturated rings. The minimum Gasteiger partial charge on any atom is -0.344 e. The molecule has 0 amide bonds. The van der Waals surface area contributed by atoms with Gasteiger partial charge >= 0.3 is 0 Å². The molecular weight excluding hydrogens is 548 g/mol. The molecule has 1 saturated carbocycles. The SMILES string of the molecule is CCCCC/C=C\C/C=C\CCCCCCCCC1(CCCCCCCC/C=C\C/C=C\CCCCC)OC2C[C@@H](C)C[C@@H]2O1. The van der Waals surface area contributed by atoms with Crippen molar-refractivity contribution in [3.8, 4) is 0 Å². The van der Waals surface area contributed by atoms with Crippen molar-refractivity contribution in [3.05, 3.63) is 48.6 Å². The summed E-state index contributed by atoms with van der Waals surface area (Å²) in [6, 6.07) is 0. The van der Waals surface area contributed by atoms with Crippen LogP contribution in [0.25, 0.3) is 0 Å². The fourth-order valence-electron chi connectivity index (χ4n) is 7.15. The Hall–Kier alpha value is -1.12. The van der Waals surface area contributed by atoms with Crippen molar-refractivity contribution in [3.63, 3.8) is 0 Å². The zero-order valence-corrected chi connectivity index (χ0v) is 30.5. The van der Waals surface area contributed by atoms with Crippen molar-refractivity contribution in [2.24, 2.45) is 5.92 Å². The zero-order valence-electron chi connectivity index (χ0n) is 30.5. The summed E-state index contributed by atoms with van der Waals surface area (Å²) < 4.78 is 13.5. The van der Waals surface area contributed by atoms with E-state index in [0.717, 1.165) is 31.6 Å². The molecule has 1 aliphatic heterocycles. The monoisotopic (exact) mass is 625 g/mol. The third kappa shape index (κ3) is 20.7. The first kappa shape index (κ1) is 40.1. The summed E-state index contributed by atoms with van der Waals surface area (Å²) in [6.07, 6.45) is 55.4. The number of hydrogen-bond acceptors (Lipinski definition) is 2. The second-order valence-electron chi connectivity index (χ2n) is 14.5. The first-order valence-electron chi connectivity index (χ1n) is 20.1. The summed E-state index contributed by atoms with van der Waals surface area (Å²) in [4.78, 5) is 0. The average Bonchev–Trinajstić information content (AvgIpc) is 3.54. The fraction of sp³-hybridized carbons (Fsp3) is 0.814. The molecule has 0 bridgehead atoms. The lowest BCUT2D eigenvalue weighted by atomic mass is 9.98. The molecule has 2 nitrogen and oxygen atoms in total. The Morgan fingerprint density at radius 2 is 0.778 bits per heavy atom. The smallest absolute Gasteiger partial charge is 0.169 e. The van der Waals surface area contributed by atoms with Gasteiger partial charge in [-0.3, -0.25) is 0 Å². The van der Waals surface area contributed by atoms with Gasteiger partial charge in [0.25, 0.3) is 0 Å². The highest BCUT2D eigenvalue weighted by atomic mass is 16.8. The quantitative estimate of drug-likeness (QED) is 0.0584. The Balaban J connectivity index is 1.50. The van der Waals surface area contributed by atoms with Crippen LogP contribution in [0, 0.1) is 5.92 Å². The van der Waals surface area contributed by atoms with Gasteiger partial charge in [0, 0.05) is 12.8 Å². The summed E-state index contributed by atoms with van der Waals surface area (Å²) in [5.41, 5.74) is 0. The van der Waals surface area contributed by atoms with Gasteiger partial charge in [-0.15, -0.1) is 0 Å². The molecule has 0 radical (unpaired) electrons. The normalized spacial score (nSPS) is 21.4. The van der Waals surface area contributed by atoms with Crippen LogP contribution in [0.2, 0.25) is 0 Å². The van der Waals surface area contributed by atoms with E-state index in [2.05, 4.69) is 69.4 Å². The van der Waals surface area contributed by atoms with E-state index in [0.29, 0.717) is 12.2 Å². The summed E-state index contributed by atoms with van der Waals surface area (Å²) in [6.45, 7) is 6.90. The fourth-order valence-corrected chi connectivity index (χ4v) is 7.15. The van der Waals surface area contributed by atoms with Crippen LogP contribution in [-0.4, -0.2) is 18.0 Å². The van der Waals surface area contributed by atoms with Crippen LogP contribution in [0.4, 0.5) is 0 Å². The van der Waals surface area contributed by atoms with Gasteiger partial charge in [-0.05, 0) is 95.8 Å². The number of rotatable bonds is 30. The summed E-state index contributed by atoms with van der Waals surface area (Å²) in [7, 11) is 0. The summed E-state index contributed by atoms with van der Waals surface area (Å²) in [5.74, 6) is 0.474. The Kier molecular flexibility index (Phi) is 24.9. The Morgan fingerprint density at radius 1 is 0.444 bits per heavy atom. The molecule has 3 atom stereocenters. The highest BCUT2D eigenvalue weighted by Gasteiger charge is 2.50. The van der Waals surface area contributed by atoms with Crippen LogP contribution in [0.3, 0.4) is 0 Å². The molecule has 45 heavy (non-hydrogen) atoms. The van der Waals surface area contributed by atoms with Crippen molar-refractivity contribution in [2.75, 3.05) is 0 Å². The van der Waals surface area contributed by atoms with E-state index >= 15 is 0 Å². The van der Waals surface area contributed by atoms with Crippen molar-refractivity contribution < 1.29 is 9.47 Å². The van der Waals surface area contributed by atoms with E-state index < -0.39 is 0 Å². The van der Waals surface area contributed by atoms with Crippen LogP contribution < -0.4 is 0 Å². The molecule has 2 aliphatic rings. The van der Waals surface area contributed by atoms with E-state index in [1.807, 2.05) is 0 Å². The molecule has 1 aliphatic carbocycles. The average molecular weight is 625 g/mol. The zero-order chi connectivity index (χ0) is 32.1. The van der Waals surface area contributed by atoms with E-state index in [1.165, 1.54) is 154 Å². The largest absolute Gasteiger partial charge is 0.344 e. The van der Waals surface area contributed by atoms with Gasteiger partial charge in [0.15, 0.2) is 5.79 Å². The topological polar surface area (TPSA) is 18.5 Å². The van der Waals surface area contributed by atoms with Crippen LogP contribution in [-0.2, 0) is 9.47 Å². The third-order valence-electron chi connectivity index (χ3n) is 9.93. The predicted molar refractivity (Wildman–Crippen MR) is 199 cm³/mol. The maximum Gasteiger partial charge on any atom is 0.169 e. The van der Waals surface area contributed by atoms with Crippen LogP contribution >= 0.6 is 0 Å². The maximum absolute atomic E-state index is 6.74. The molecule has 0 aromatic carbocycles. The number of unbranched alkanes of at least 4 members (excludes halogenated alkanes) is 18. The number of allylic oxidation sites excluding steroid dienone is 8. The van der Waals surface area contributed by atoms with Gasteiger partial charge in [0.05, 0.1) is 12.2 Å². The Labute approximate surface area is 282 Å². The van der Waals surface area contributed by atoms with Gasteiger partial charge in [0.2, 0.25) is 0 Å². The molecule has 2 heteroatoms. The molecule has 1 saturated heterocycles.